The molecular weight excluding hydrogens is 466 g/mol. The lowest BCUT2D eigenvalue weighted by atomic mass is 10.1. The fraction of sp³-hybridized carbons (Fsp3) is 0.500. The molecule has 35 heavy (non-hydrogen) atoms. The summed E-state index contributed by atoms with van der Waals surface area (Å²) in [6.45, 7) is 2.73. The van der Waals surface area contributed by atoms with Gasteiger partial charge in [0.25, 0.3) is 11.1 Å². The molecule has 5 atom stereocenters. The number of H-pyrrole nitrogens is 2. The molecule has 0 unspecified atom stereocenters. The van der Waals surface area contributed by atoms with Crippen molar-refractivity contribution in [1.29, 1.82) is 0 Å². The maximum Gasteiger partial charge on any atom is 0.330 e. The molecule has 2 aliphatic rings. The van der Waals surface area contributed by atoms with E-state index < -0.39 is 53.2 Å². The second-order valence-electron chi connectivity index (χ2n) is 7.91. The molecule has 2 aliphatic heterocycles. The molecule has 0 radical (unpaired) electrons. The van der Waals surface area contributed by atoms with E-state index in [-0.39, 0.29) is 19.6 Å². The number of ether oxygens (including phenoxy) is 2. The van der Waals surface area contributed by atoms with Crippen LogP contribution in [0.2, 0.25) is 0 Å². The van der Waals surface area contributed by atoms with Gasteiger partial charge in [-0.1, -0.05) is 11.2 Å². The lowest BCUT2D eigenvalue weighted by Gasteiger charge is -2.14. The normalized spacial score (nSPS) is 25.1. The van der Waals surface area contributed by atoms with Crippen molar-refractivity contribution in [3.05, 3.63) is 87.8 Å². The van der Waals surface area contributed by atoms with Crippen LogP contribution < -0.4 is 22.5 Å². The summed E-state index contributed by atoms with van der Waals surface area (Å²) in [5.74, 6) is 0. The van der Waals surface area contributed by atoms with Gasteiger partial charge in [-0.15, -0.1) is 0 Å². The first-order valence-corrected chi connectivity index (χ1v) is 10.6. The summed E-state index contributed by atoms with van der Waals surface area (Å²) in [7, 11) is 0. The number of hydrogen-bond acceptors (Lipinski definition) is 9. The number of aromatic amines is 2. The summed E-state index contributed by atoms with van der Waals surface area (Å²) in [6.07, 6.45) is 4.15. The van der Waals surface area contributed by atoms with Crippen LogP contribution in [0.5, 0.6) is 0 Å². The molecule has 4 N–H and O–H groups in total. The maximum atomic E-state index is 11.7. The predicted octanol–water partition coefficient (Wildman–Crippen LogP) is -0.905. The molecule has 0 aromatic carbocycles. The molecule has 2 aromatic rings. The Morgan fingerprint density at radius 2 is 1.60 bits per heavy atom. The molecular formula is C20H25N7O8. The summed E-state index contributed by atoms with van der Waals surface area (Å²) in [6, 6.07) is -0.542. The number of aliphatic hydroxyl groups excluding tert-OH is 2. The first kappa shape index (κ1) is 25.9. The van der Waals surface area contributed by atoms with E-state index >= 15 is 0 Å². The molecule has 0 amide bonds. The Hall–Kier alpha value is -3.75. The molecule has 1 fully saturated rings. The number of azide groups is 1. The fourth-order valence-electron chi connectivity index (χ4n) is 3.56. The largest absolute Gasteiger partial charge is 0.394 e. The highest BCUT2D eigenvalue weighted by molar-refractivity contribution is 5.06. The molecule has 0 bridgehead atoms. The summed E-state index contributed by atoms with van der Waals surface area (Å²) in [5.41, 5.74) is 7.27. The molecule has 188 valence electrons. The first-order valence-electron chi connectivity index (χ1n) is 10.6. The van der Waals surface area contributed by atoms with Gasteiger partial charge in [0.1, 0.15) is 12.3 Å². The van der Waals surface area contributed by atoms with E-state index in [1.165, 1.54) is 21.5 Å². The van der Waals surface area contributed by atoms with Gasteiger partial charge >= 0.3 is 11.4 Å². The third-order valence-corrected chi connectivity index (χ3v) is 5.44. The van der Waals surface area contributed by atoms with E-state index in [1.54, 1.807) is 26.0 Å². The summed E-state index contributed by atoms with van der Waals surface area (Å²) in [5, 5.41) is 21.5. The van der Waals surface area contributed by atoms with Crippen molar-refractivity contribution in [2.75, 3.05) is 13.2 Å². The smallest absolute Gasteiger partial charge is 0.330 e. The van der Waals surface area contributed by atoms with Crippen molar-refractivity contribution in [3.63, 3.8) is 0 Å². The fourth-order valence-corrected chi connectivity index (χ4v) is 3.56. The highest BCUT2D eigenvalue weighted by atomic mass is 16.5. The van der Waals surface area contributed by atoms with Gasteiger partial charge in [-0.05, 0) is 25.5 Å². The van der Waals surface area contributed by atoms with Gasteiger partial charge in [0, 0.05) is 34.9 Å². The molecule has 0 aliphatic carbocycles. The van der Waals surface area contributed by atoms with Crippen molar-refractivity contribution in [2.24, 2.45) is 5.11 Å². The predicted molar refractivity (Wildman–Crippen MR) is 121 cm³/mol. The highest BCUT2D eigenvalue weighted by Gasteiger charge is 2.35. The number of nitrogens with zero attached hydrogens (tertiary/aromatic N) is 5. The summed E-state index contributed by atoms with van der Waals surface area (Å²) >= 11 is 0. The van der Waals surface area contributed by atoms with Crippen molar-refractivity contribution in [1.82, 2.24) is 19.1 Å². The van der Waals surface area contributed by atoms with Crippen LogP contribution in [-0.4, -0.2) is 60.8 Å². The van der Waals surface area contributed by atoms with Gasteiger partial charge in [-0.2, -0.15) is 0 Å². The third-order valence-electron chi connectivity index (χ3n) is 5.44. The SMILES string of the molecule is Cc1cn([C@H]2C=C[C@@H](CO)O2)c(=O)[nH]c1=O.Cc1cn([C@H]2C[C@H](N=[N+]=[N-])[C@@H](CO)O2)c(=O)[nH]c1=O. The lowest BCUT2D eigenvalue weighted by molar-refractivity contribution is -0.0271. The number of hydrogen-bond donors (Lipinski definition) is 4. The maximum absolute atomic E-state index is 11.7. The van der Waals surface area contributed by atoms with Crippen LogP contribution in [0.4, 0.5) is 0 Å². The topological polar surface area (TPSA) is 217 Å². The van der Waals surface area contributed by atoms with Gasteiger partial charge < -0.3 is 19.7 Å². The Morgan fingerprint density at radius 3 is 2.14 bits per heavy atom. The van der Waals surface area contributed by atoms with Crippen LogP contribution in [0.25, 0.3) is 10.4 Å². The van der Waals surface area contributed by atoms with Gasteiger partial charge in [-0.25, -0.2) is 9.59 Å². The summed E-state index contributed by atoms with van der Waals surface area (Å²) in [4.78, 5) is 52.7. The minimum atomic E-state index is -0.671. The molecule has 2 aromatic heterocycles. The van der Waals surface area contributed by atoms with Crippen LogP contribution >= 0.6 is 0 Å². The van der Waals surface area contributed by atoms with Crippen molar-refractivity contribution in [3.8, 4) is 0 Å². The van der Waals surface area contributed by atoms with Gasteiger partial charge in [-0.3, -0.25) is 28.7 Å². The van der Waals surface area contributed by atoms with E-state index in [0.29, 0.717) is 11.1 Å². The Bertz CT molecular complexity index is 1370. The molecule has 15 heteroatoms. The minimum Gasteiger partial charge on any atom is -0.394 e. The monoisotopic (exact) mass is 491 g/mol. The van der Waals surface area contributed by atoms with E-state index in [1.807, 2.05) is 0 Å². The first-order chi connectivity index (χ1) is 16.7. The van der Waals surface area contributed by atoms with E-state index in [4.69, 9.17) is 25.2 Å². The van der Waals surface area contributed by atoms with Crippen molar-refractivity contribution >= 4 is 0 Å². The lowest BCUT2D eigenvalue weighted by Crippen LogP contribution is -2.33. The van der Waals surface area contributed by atoms with Crippen LogP contribution in [-0.2, 0) is 9.47 Å². The molecule has 15 nitrogen and oxygen atoms in total. The zero-order chi connectivity index (χ0) is 25.7. The van der Waals surface area contributed by atoms with Crippen LogP contribution in [0.1, 0.15) is 30.0 Å². The van der Waals surface area contributed by atoms with Gasteiger partial charge in [0.15, 0.2) is 6.23 Å². The zero-order valence-electron chi connectivity index (χ0n) is 18.9. The van der Waals surface area contributed by atoms with E-state index in [9.17, 15) is 19.2 Å². The average molecular weight is 491 g/mol. The number of aromatic nitrogens is 4. The Balaban J connectivity index is 0.000000198. The Kier molecular flexibility index (Phi) is 8.22. The minimum absolute atomic E-state index is 0.135. The highest BCUT2D eigenvalue weighted by Crippen LogP contribution is 2.29. The number of aryl methyl sites for hydroxylation is 2. The third kappa shape index (κ3) is 5.85. The van der Waals surface area contributed by atoms with Crippen LogP contribution in [0.15, 0.2) is 48.8 Å². The second kappa shape index (κ2) is 11.1. The Labute approximate surface area is 196 Å². The van der Waals surface area contributed by atoms with Crippen LogP contribution in [0.3, 0.4) is 0 Å². The average Bonchev–Trinajstić information content (AvgIpc) is 3.46. The number of aliphatic hydroxyl groups is 2. The van der Waals surface area contributed by atoms with Crippen molar-refractivity contribution < 1.29 is 19.7 Å². The zero-order valence-corrected chi connectivity index (χ0v) is 18.9. The molecule has 4 heterocycles. The van der Waals surface area contributed by atoms with Crippen molar-refractivity contribution in [2.45, 2.75) is 51.0 Å². The number of nitrogens with one attached hydrogen (secondary N) is 2. The van der Waals surface area contributed by atoms with Gasteiger partial charge in [0.05, 0.1) is 25.4 Å². The summed E-state index contributed by atoms with van der Waals surface area (Å²) < 4.78 is 13.3. The standard InChI is InChI=1S/C10H13N5O4.C10H12N2O4/c1-5-3-15(10(18)12-9(5)17)8-2-6(13-14-11)7(4-16)19-8;1-6-4-12(10(15)11-9(6)14)8-3-2-7(5-13)16-8/h3,6-8,16H,2,4H2,1H3,(H,12,17,18);2-4,7-8,13H,5H2,1H3,(H,11,14,15)/t6-,7+,8+;7-,8+/m00/s1. The van der Waals surface area contributed by atoms with E-state index in [2.05, 4.69) is 20.0 Å². The Morgan fingerprint density at radius 1 is 1.00 bits per heavy atom. The molecule has 4 rings (SSSR count). The second-order valence-corrected chi connectivity index (χ2v) is 7.91. The quantitative estimate of drug-likeness (QED) is 0.177. The molecule has 0 spiro atoms. The van der Waals surface area contributed by atoms with Gasteiger partial charge in [0.2, 0.25) is 0 Å². The number of rotatable bonds is 5. The van der Waals surface area contributed by atoms with E-state index in [0.717, 1.165) is 0 Å². The molecule has 0 saturated carbocycles. The van der Waals surface area contributed by atoms with Crippen LogP contribution in [0, 0.1) is 13.8 Å². The molecule has 1 saturated heterocycles.